The third-order valence-corrected chi connectivity index (χ3v) is 4.61. The molecule has 2 heterocycles. The van der Waals surface area contributed by atoms with E-state index in [4.69, 9.17) is 21.3 Å². The van der Waals surface area contributed by atoms with E-state index in [0.717, 1.165) is 41.3 Å². The van der Waals surface area contributed by atoms with Gasteiger partial charge in [0.2, 0.25) is 0 Å². The van der Waals surface area contributed by atoms with Crippen LogP contribution < -0.4 is 4.74 Å². The van der Waals surface area contributed by atoms with Crippen molar-refractivity contribution in [2.75, 3.05) is 13.0 Å². The third kappa shape index (κ3) is 2.63. The highest BCUT2D eigenvalue weighted by Gasteiger charge is 2.15. The topological polar surface area (TPSA) is 39.9 Å². The first-order valence-electron chi connectivity index (χ1n) is 6.71. The van der Waals surface area contributed by atoms with E-state index in [2.05, 4.69) is 15.6 Å². The van der Waals surface area contributed by atoms with Gasteiger partial charge in [-0.25, -0.2) is 9.97 Å². The number of alkyl halides is 1. The second-order valence-corrected chi connectivity index (χ2v) is 6.06. The Morgan fingerprint density at radius 3 is 2.90 bits per heavy atom. The first-order chi connectivity index (χ1) is 10.2. The summed E-state index contributed by atoms with van der Waals surface area (Å²) in [5.41, 5.74) is 4.91. The van der Waals surface area contributed by atoms with E-state index in [9.17, 15) is 0 Å². The van der Waals surface area contributed by atoms with Crippen LogP contribution in [0.15, 0.2) is 23.7 Å². The van der Waals surface area contributed by atoms with Crippen molar-refractivity contribution in [1.29, 1.82) is 0 Å². The van der Waals surface area contributed by atoms with Crippen LogP contribution in [-0.4, -0.2) is 27.5 Å². The molecule has 0 spiro atoms. The van der Waals surface area contributed by atoms with Crippen molar-refractivity contribution in [2.24, 2.45) is 0 Å². The summed E-state index contributed by atoms with van der Waals surface area (Å²) in [5, 5.41) is 0. The van der Waals surface area contributed by atoms with Crippen molar-refractivity contribution in [1.82, 2.24) is 14.5 Å². The zero-order valence-electron chi connectivity index (χ0n) is 12.0. The molecule has 6 heteroatoms. The van der Waals surface area contributed by atoms with E-state index in [1.807, 2.05) is 24.6 Å². The summed E-state index contributed by atoms with van der Waals surface area (Å²) in [4.78, 5) is 10.3. The molecule has 2 aromatic heterocycles. The minimum atomic E-state index is 0.549. The fraction of sp³-hybridized carbons (Fsp3) is 0.333. The van der Waals surface area contributed by atoms with Gasteiger partial charge in [0.25, 0.3) is 0 Å². The van der Waals surface area contributed by atoms with Crippen LogP contribution in [0.3, 0.4) is 0 Å². The molecule has 0 aliphatic carbocycles. The Labute approximate surface area is 132 Å². The van der Waals surface area contributed by atoms with E-state index >= 15 is 0 Å². The molecule has 0 aliphatic rings. The normalized spacial score (nSPS) is 11.2. The average molecular weight is 322 g/mol. The molecular formula is C15H16ClN3OS. The molecule has 3 rings (SSSR count). The minimum absolute atomic E-state index is 0.549. The van der Waals surface area contributed by atoms with Gasteiger partial charge in [-0.15, -0.1) is 22.9 Å². The maximum absolute atomic E-state index is 5.93. The lowest BCUT2D eigenvalue weighted by Gasteiger charge is -2.08. The summed E-state index contributed by atoms with van der Waals surface area (Å²) in [6.45, 7) is 2.80. The number of aromatic nitrogens is 3. The molecule has 0 bridgehead atoms. The van der Waals surface area contributed by atoms with Gasteiger partial charge in [-0.3, -0.25) is 0 Å². The lowest BCUT2D eigenvalue weighted by atomic mass is 10.3. The van der Waals surface area contributed by atoms with E-state index in [1.54, 1.807) is 18.4 Å². The van der Waals surface area contributed by atoms with Crippen LogP contribution in [0.2, 0.25) is 0 Å². The van der Waals surface area contributed by atoms with Gasteiger partial charge in [0.15, 0.2) is 0 Å². The number of ether oxygens (including phenoxy) is 1. The third-order valence-electron chi connectivity index (χ3n) is 3.51. The number of imidazole rings is 1. The highest BCUT2D eigenvalue weighted by atomic mass is 35.5. The van der Waals surface area contributed by atoms with Crippen molar-refractivity contribution < 1.29 is 4.74 Å². The number of hydrogen-bond donors (Lipinski definition) is 0. The maximum atomic E-state index is 5.93. The summed E-state index contributed by atoms with van der Waals surface area (Å²) in [6, 6.07) is 5.99. The standard InChI is InChI=1S/C15H16ClN3OS/c1-10-13(21-9-17-10)8-19-11-4-3-5-12(20-2)15(11)18-14(19)6-7-16/h3-5,9H,6-8H2,1-2H3. The Balaban J connectivity index is 2.14. The molecule has 0 fully saturated rings. The number of methoxy groups -OCH3 is 1. The Hall–Kier alpha value is -1.59. The van der Waals surface area contributed by atoms with Gasteiger partial charge in [0.05, 0.1) is 30.4 Å². The van der Waals surface area contributed by atoms with E-state index in [0.29, 0.717) is 5.88 Å². The van der Waals surface area contributed by atoms with Gasteiger partial charge >= 0.3 is 0 Å². The number of thiazole rings is 1. The SMILES string of the molecule is COc1cccc2c1nc(CCCl)n2Cc1scnc1C. The first-order valence-corrected chi connectivity index (χ1v) is 8.13. The van der Waals surface area contributed by atoms with Crippen molar-refractivity contribution in [2.45, 2.75) is 19.9 Å². The summed E-state index contributed by atoms with van der Waals surface area (Å²) in [6.07, 6.45) is 0.733. The second-order valence-electron chi connectivity index (χ2n) is 4.74. The van der Waals surface area contributed by atoms with Gasteiger partial charge < -0.3 is 9.30 Å². The number of benzene rings is 1. The predicted octanol–water partition coefficient (Wildman–Crippen LogP) is 3.64. The Bertz CT molecular complexity index is 765. The van der Waals surface area contributed by atoms with Crippen LogP contribution in [0.4, 0.5) is 0 Å². The van der Waals surface area contributed by atoms with Crippen LogP contribution in [0.5, 0.6) is 5.75 Å². The summed E-state index contributed by atoms with van der Waals surface area (Å²) in [5.74, 6) is 2.33. The number of rotatable bonds is 5. The zero-order chi connectivity index (χ0) is 14.8. The minimum Gasteiger partial charge on any atom is -0.494 e. The van der Waals surface area contributed by atoms with Crippen molar-refractivity contribution in [3.05, 3.63) is 40.1 Å². The number of fused-ring (bicyclic) bond motifs is 1. The van der Waals surface area contributed by atoms with Crippen LogP contribution in [0.1, 0.15) is 16.4 Å². The molecule has 21 heavy (non-hydrogen) atoms. The molecule has 0 saturated heterocycles. The van der Waals surface area contributed by atoms with Crippen LogP contribution >= 0.6 is 22.9 Å². The summed E-state index contributed by atoms with van der Waals surface area (Å²) in [7, 11) is 1.67. The van der Waals surface area contributed by atoms with E-state index < -0.39 is 0 Å². The summed E-state index contributed by atoms with van der Waals surface area (Å²) >= 11 is 7.60. The number of halogens is 1. The molecule has 1 aromatic carbocycles. The molecule has 0 atom stereocenters. The van der Waals surface area contributed by atoms with Crippen LogP contribution in [0, 0.1) is 6.92 Å². The van der Waals surface area contributed by atoms with Crippen molar-refractivity contribution in [3.8, 4) is 5.75 Å². The fourth-order valence-electron chi connectivity index (χ4n) is 2.41. The fourth-order valence-corrected chi connectivity index (χ4v) is 3.34. The first kappa shape index (κ1) is 14.4. The molecule has 0 N–H and O–H groups in total. The molecule has 3 aromatic rings. The predicted molar refractivity (Wildman–Crippen MR) is 86.7 cm³/mol. The van der Waals surface area contributed by atoms with Crippen molar-refractivity contribution >= 4 is 34.0 Å². The quantitative estimate of drug-likeness (QED) is 0.674. The maximum Gasteiger partial charge on any atom is 0.146 e. The second kappa shape index (κ2) is 6.03. The molecule has 0 aliphatic heterocycles. The number of hydrogen-bond acceptors (Lipinski definition) is 4. The molecule has 0 radical (unpaired) electrons. The smallest absolute Gasteiger partial charge is 0.146 e. The molecule has 0 saturated carbocycles. The highest BCUT2D eigenvalue weighted by molar-refractivity contribution is 7.09. The van der Waals surface area contributed by atoms with Crippen LogP contribution in [-0.2, 0) is 13.0 Å². The largest absolute Gasteiger partial charge is 0.494 e. The van der Waals surface area contributed by atoms with E-state index in [1.165, 1.54) is 4.88 Å². The van der Waals surface area contributed by atoms with Gasteiger partial charge in [-0.2, -0.15) is 0 Å². The average Bonchev–Trinajstić information content (AvgIpc) is 3.05. The van der Waals surface area contributed by atoms with Gasteiger partial charge in [0.1, 0.15) is 17.1 Å². The number of nitrogens with zero attached hydrogens (tertiary/aromatic N) is 3. The lowest BCUT2D eigenvalue weighted by Crippen LogP contribution is -2.05. The Morgan fingerprint density at radius 1 is 1.38 bits per heavy atom. The number of aryl methyl sites for hydroxylation is 2. The Kier molecular flexibility index (Phi) is 4.12. The van der Waals surface area contributed by atoms with Crippen molar-refractivity contribution in [3.63, 3.8) is 0 Å². The molecule has 0 unspecified atom stereocenters. The lowest BCUT2D eigenvalue weighted by molar-refractivity contribution is 0.419. The Morgan fingerprint density at radius 2 is 2.24 bits per heavy atom. The van der Waals surface area contributed by atoms with Gasteiger partial charge in [-0.05, 0) is 19.1 Å². The van der Waals surface area contributed by atoms with Gasteiger partial charge in [-0.1, -0.05) is 6.07 Å². The molecule has 4 nitrogen and oxygen atoms in total. The highest BCUT2D eigenvalue weighted by Crippen LogP contribution is 2.27. The van der Waals surface area contributed by atoms with Crippen LogP contribution in [0.25, 0.3) is 11.0 Å². The monoisotopic (exact) mass is 321 g/mol. The molecule has 0 amide bonds. The number of para-hydroxylation sites is 1. The van der Waals surface area contributed by atoms with Gasteiger partial charge in [0, 0.05) is 17.2 Å². The van der Waals surface area contributed by atoms with E-state index in [-0.39, 0.29) is 0 Å². The zero-order valence-corrected chi connectivity index (χ0v) is 13.5. The summed E-state index contributed by atoms with van der Waals surface area (Å²) < 4.78 is 7.62. The molecule has 110 valence electrons. The molecular weight excluding hydrogens is 306 g/mol.